The van der Waals surface area contributed by atoms with Crippen molar-refractivity contribution >= 4 is 15.2 Å². The van der Waals surface area contributed by atoms with Crippen LogP contribution < -0.4 is 0 Å². The maximum atomic E-state index is 14.3. The van der Waals surface area contributed by atoms with Gasteiger partial charge >= 0.3 is 15.2 Å². The van der Waals surface area contributed by atoms with Crippen LogP contribution in [0.25, 0.3) is 0 Å². The third-order valence-corrected chi connectivity index (χ3v) is 11.6. The third-order valence-electron chi connectivity index (χ3n) is 4.90. The quantitative estimate of drug-likeness (QED) is 0.458. The molecule has 1 aliphatic heterocycles. The van der Waals surface area contributed by atoms with Gasteiger partial charge in [0.05, 0.1) is 26.4 Å². The van der Waals surface area contributed by atoms with Crippen LogP contribution in [0, 0.1) is 0 Å². The van der Waals surface area contributed by atoms with Crippen molar-refractivity contribution in [3.63, 3.8) is 0 Å². The molecule has 1 heterocycles. The fraction of sp³-hybridized carbons (Fsp3) is 0.684. The van der Waals surface area contributed by atoms with Crippen molar-refractivity contribution in [2.75, 3.05) is 46.6 Å². The summed E-state index contributed by atoms with van der Waals surface area (Å²) in [5.74, 6) is -0.397. The van der Waals surface area contributed by atoms with Crippen LogP contribution in [0.4, 0.5) is 0 Å². The van der Waals surface area contributed by atoms with Gasteiger partial charge in [0.25, 0.3) is 0 Å². The number of hydrogen-bond donors (Lipinski definition) is 0. The van der Waals surface area contributed by atoms with Gasteiger partial charge in [-0.3, -0.25) is 9.13 Å². The molecule has 160 valence electrons. The highest BCUT2D eigenvalue weighted by atomic mass is 31.2. The highest BCUT2D eigenvalue weighted by Crippen LogP contribution is 2.82. The number of likely N-dealkylation sites (N-methyl/N-ethyl adjacent to an activating group) is 1. The first-order valence-corrected chi connectivity index (χ1v) is 12.9. The summed E-state index contributed by atoms with van der Waals surface area (Å²) in [5.41, 5.74) is 0.908. The second-order valence-electron chi connectivity index (χ2n) is 6.70. The van der Waals surface area contributed by atoms with Gasteiger partial charge in [-0.25, -0.2) is 0 Å². The maximum Gasteiger partial charge on any atom is 0.350 e. The molecule has 0 bridgehead atoms. The summed E-state index contributed by atoms with van der Waals surface area (Å²) in [6, 6.07) is 9.64. The first-order valence-electron chi connectivity index (χ1n) is 9.86. The Balaban J connectivity index is 2.80. The Kier molecular flexibility index (Phi) is 8.48. The Morgan fingerprint density at radius 2 is 1.32 bits per heavy atom. The average molecular weight is 433 g/mol. The van der Waals surface area contributed by atoms with E-state index in [4.69, 9.17) is 18.1 Å². The monoisotopic (exact) mass is 433 g/mol. The van der Waals surface area contributed by atoms with Gasteiger partial charge in [-0.2, -0.15) is 0 Å². The Labute approximate surface area is 168 Å². The zero-order valence-electron chi connectivity index (χ0n) is 17.5. The van der Waals surface area contributed by atoms with Crippen LogP contribution in [-0.4, -0.2) is 56.4 Å². The number of nitrogens with zero attached hydrogens (tertiary/aromatic N) is 1. The minimum absolute atomic E-state index is 0.169. The van der Waals surface area contributed by atoms with Crippen LogP contribution in [0.15, 0.2) is 30.3 Å². The Morgan fingerprint density at radius 1 is 0.893 bits per heavy atom. The van der Waals surface area contributed by atoms with E-state index in [1.165, 1.54) is 0 Å². The molecule has 0 radical (unpaired) electrons. The normalized spacial score (nSPS) is 20.5. The highest BCUT2D eigenvalue weighted by molar-refractivity contribution is 7.74. The molecule has 7 nitrogen and oxygen atoms in total. The molecule has 0 aromatic heterocycles. The lowest BCUT2D eigenvalue weighted by Gasteiger charge is -2.43. The summed E-state index contributed by atoms with van der Waals surface area (Å²) in [5, 5.41) is 0. The molecule has 0 N–H and O–H groups in total. The number of likely N-dealkylation sites (tertiary alicyclic amines) is 1. The summed E-state index contributed by atoms with van der Waals surface area (Å²) < 4.78 is 51.6. The van der Waals surface area contributed by atoms with E-state index in [1.807, 2.05) is 42.3 Å². The lowest BCUT2D eigenvalue weighted by molar-refractivity contribution is 0.174. The molecule has 0 amide bonds. The summed E-state index contributed by atoms with van der Waals surface area (Å²) in [6.45, 7) is 8.45. The summed E-state index contributed by atoms with van der Waals surface area (Å²) in [4.78, 5) is 0.543. The predicted octanol–water partition coefficient (Wildman–Crippen LogP) is 4.94. The predicted molar refractivity (Wildman–Crippen MR) is 111 cm³/mol. The summed E-state index contributed by atoms with van der Waals surface area (Å²) in [7, 11) is -5.88. The van der Waals surface area contributed by atoms with E-state index in [2.05, 4.69) is 0 Å². The average Bonchev–Trinajstić information content (AvgIpc) is 3.03. The van der Waals surface area contributed by atoms with E-state index in [-0.39, 0.29) is 33.0 Å². The fourth-order valence-corrected chi connectivity index (χ4v) is 10.3. The molecule has 1 aromatic carbocycles. The standard InChI is InChI=1S/C19H33NO6P2/c1-6-23-27(21,24-7-2)19(28(22,25-8-3)26-9-4)16-20(5)15-18(19)17-13-11-10-12-14-17/h10-14,18H,6-9,15-16H2,1-5H3. The molecule has 0 saturated carbocycles. The Morgan fingerprint density at radius 3 is 1.71 bits per heavy atom. The third kappa shape index (κ3) is 4.17. The van der Waals surface area contributed by atoms with Crippen molar-refractivity contribution in [1.82, 2.24) is 4.90 Å². The molecule has 1 atom stereocenters. The summed E-state index contributed by atoms with van der Waals surface area (Å²) in [6.07, 6.45) is 0. The van der Waals surface area contributed by atoms with Crippen molar-refractivity contribution in [2.24, 2.45) is 0 Å². The summed E-state index contributed by atoms with van der Waals surface area (Å²) >= 11 is 0. The second kappa shape index (κ2) is 9.99. The molecule has 0 spiro atoms. The lowest BCUT2D eigenvalue weighted by Crippen LogP contribution is -2.40. The van der Waals surface area contributed by atoms with Crippen LogP contribution in [0.3, 0.4) is 0 Å². The van der Waals surface area contributed by atoms with Gasteiger partial charge in [0, 0.05) is 19.0 Å². The van der Waals surface area contributed by atoms with Gasteiger partial charge in [-0.1, -0.05) is 30.3 Å². The van der Waals surface area contributed by atoms with Crippen LogP contribution in [0.5, 0.6) is 0 Å². The van der Waals surface area contributed by atoms with E-state index in [0.29, 0.717) is 6.54 Å². The van der Waals surface area contributed by atoms with E-state index >= 15 is 0 Å². The van der Waals surface area contributed by atoms with Crippen molar-refractivity contribution in [2.45, 2.75) is 38.5 Å². The molecule has 1 fully saturated rings. The van der Waals surface area contributed by atoms with Crippen LogP contribution in [0.1, 0.15) is 39.2 Å². The van der Waals surface area contributed by atoms with Crippen molar-refractivity contribution in [3.8, 4) is 0 Å². The first-order chi connectivity index (χ1) is 13.3. The molecule has 1 unspecified atom stereocenters. The molecule has 9 heteroatoms. The van der Waals surface area contributed by atoms with Gasteiger partial charge in [0.1, 0.15) is 0 Å². The minimum Gasteiger partial charge on any atom is -0.308 e. The topological polar surface area (TPSA) is 74.3 Å². The molecule has 28 heavy (non-hydrogen) atoms. The molecule has 1 aromatic rings. The molecule has 1 aliphatic rings. The van der Waals surface area contributed by atoms with E-state index in [1.54, 1.807) is 27.7 Å². The second-order valence-corrected chi connectivity index (χ2v) is 11.7. The Hall–Kier alpha value is -0.520. The van der Waals surface area contributed by atoms with Crippen LogP contribution >= 0.6 is 15.2 Å². The molecule has 0 aliphatic carbocycles. The SMILES string of the molecule is CCOP(=O)(OCC)C1(P(=O)(OCC)OCC)CN(C)CC1c1ccccc1. The van der Waals surface area contributed by atoms with E-state index < -0.39 is 26.0 Å². The lowest BCUT2D eigenvalue weighted by atomic mass is 9.97. The molecule has 2 rings (SSSR count). The molecular weight excluding hydrogens is 400 g/mol. The van der Waals surface area contributed by atoms with Gasteiger partial charge in [0.2, 0.25) is 0 Å². The Bertz CT molecular complexity index is 664. The van der Waals surface area contributed by atoms with Crippen molar-refractivity contribution in [1.29, 1.82) is 0 Å². The zero-order chi connectivity index (χ0) is 20.8. The number of hydrogen-bond acceptors (Lipinski definition) is 7. The largest absolute Gasteiger partial charge is 0.350 e. The fourth-order valence-electron chi connectivity index (χ4n) is 3.99. The van der Waals surface area contributed by atoms with Crippen molar-refractivity contribution in [3.05, 3.63) is 35.9 Å². The van der Waals surface area contributed by atoms with Gasteiger partial charge in [0.15, 0.2) is 4.90 Å². The van der Waals surface area contributed by atoms with Crippen molar-refractivity contribution < 1.29 is 27.2 Å². The van der Waals surface area contributed by atoms with E-state index in [0.717, 1.165) is 5.56 Å². The minimum atomic E-state index is -3.89. The maximum absolute atomic E-state index is 14.3. The van der Waals surface area contributed by atoms with Gasteiger partial charge in [-0.15, -0.1) is 0 Å². The smallest absolute Gasteiger partial charge is 0.308 e. The van der Waals surface area contributed by atoms with Crippen LogP contribution in [-0.2, 0) is 27.2 Å². The van der Waals surface area contributed by atoms with Gasteiger partial charge < -0.3 is 23.0 Å². The van der Waals surface area contributed by atoms with E-state index in [9.17, 15) is 9.13 Å². The number of rotatable bonds is 11. The molecule has 1 saturated heterocycles. The zero-order valence-corrected chi connectivity index (χ0v) is 19.3. The van der Waals surface area contributed by atoms with Crippen LogP contribution in [0.2, 0.25) is 0 Å². The first kappa shape index (κ1) is 23.8. The molecular formula is C19H33NO6P2. The highest BCUT2D eigenvalue weighted by Gasteiger charge is 2.72. The number of benzene rings is 1. The van der Waals surface area contributed by atoms with Gasteiger partial charge in [-0.05, 0) is 40.3 Å².